The van der Waals surface area contributed by atoms with Crippen molar-refractivity contribution in [1.82, 2.24) is 0 Å². The summed E-state index contributed by atoms with van der Waals surface area (Å²) in [5.41, 5.74) is 0.0685. The predicted octanol–water partition coefficient (Wildman–Crippen LogP) is 1.94. The topological polar surface area (TPSA) is 55.8 Å². The smallest absolute Gasteiger partial charge is 0.336 e. The first kappa shape index (κ1) is 14.3. The zero-order valence-corrected chi connectivity index (χ0v) is 10.5. The van der Waals surface area contributed by atoms with Crippen LogP contribution < -0.4 is 4.74 Å². The summed E-state index contributed by atoms with van der Waals surface area (Å²) >= 11 is 0. The molecule has 0 aliphatic carbocycles. The van der Waals surface area contributed by atoms with Crippen LogP contribution in [-0.2, 0) is 9.53 Å². The van der Waals surface area contributed by atoms with Crippen molar-refractivity contribution in [2.24, 2.45) is 0 Å². The van der Waals surface area contributed by atoms with E-state index in [2.05, 4.69) is 6.58 Å². The molecule has 1 N–H and O–H groups in total. The van der Waals surface area contributed by atoms with Gasteiger partial charge < -0.3 is 14.6 Å². The molecule has 1 atom stereocenters. The zero-order valence-electron chi connectivity index (χ0n) is 10.5. The minimum Gasteiger partial charge on any atom is -0.493 e. The second-order valence-corrected chi connectivity index (χ2v) is 3.85. The van der Waals surface area contributed by atoms with Crippen molar-refractivity contribution < 1.29 is 19.4 Å². The molecule has 1 aromatic carbocycles. The molecule has 0 aliphatic rings. The minimum atomic E-state index is -0.877. The van der Waals surface area contributed by atoms with Crippen molar-refractivity contribution in [3.05, 3.63) is 42.5 Å². The summed E-state index contributed by atoms with van der Waals surface area (Å²) in [5, 5.41) is 9.12. The molecular formula is C14H18O4. The van der Waals surface area contributed by atoms with Gasteiger partial charge in [0.2, 0.25) is 0 Å². The Bertz CT molecular complexity index is 384. The quantitative estimate of drug-likeness (QED) is 0.456. The number of hydrogen-bond acceptors (Lipinski definition) is 4. The highest BCUT2D eigenvalue weighted by Gasteiger charge is 2.12. The maximum atomic E-state index is 11.3. The molecule has 0 saturated heterocycles. The van der Waals surface area contributed by atoms with Crippen LogP contribution in [0.5, 0.6) is 5.75 Å². The highest BCUT2D eigenvalue weighted by molar-refractivity contribution is 5.88. The normalized spacial score (nSPS) is 11.7. The number of rotatable bonds is 7. The maximum absolute atomic E-state index is 11.3. The number of benzene rings is 1. The first-order valence-electron chi connectivity index (χ1n) is 5.83. The standard InChI is InChI=1S/C14H18O4/c1-11(12(2)15)14(16)18-10-6-9-17-13-7-4-3-5-8-13/h3-5,7-8,12,15H,1,6,9-10H2,2H3. The van der Waals surface area contributed by atoms with E-state index in [0.717, 1.165) is 5.75 Å². The van der Waals surface area contributed by atoms with Gasteiger partial charge in [0.1, 0.15) is 5.75 Å². The molecule has 0 fully saturated rings. The summed E-state index contributed by atoms with van der Waals surface area (Å²) in [4.78, 5) is 11.3. The Morgan fingerprint density at radius 2 is 2.00 bits per heavy atom. The average Bonchev–Trinajstić information content (AvgIpc) is 2.38. The van der Waals surface area contributed by atoms with Crippen molar-refractivity contribution >= 4 is 5.97 Å². The van der Waals surface area contributed by atoms with Gasteiger partial charge in [0.25, 0.3) is 0 Å². The molecule has 0 aliphatic heterocycles. The Morgan fingerprint density at radius 1 is 1.33 bits per heavy atom. The van der Waals surface area contributed by atoms with Crippen LogP contribution in [0.25, 0.3) is 0 Å². The van der Waals surface area contributed by atoms with Gasteiger partial charge in [0, 0.05) is 6.42 Å². The molecule has 0 spiro atoms. The van der Waals surface area contributed by atoms with Gasteiger partial charge in [-0.15, -0.1) is 0 Å². The summed E-state index contributed by atoms with van der Waals surface area (Å²) in [5.74, 6) is 0.224. The third kappa shape index (κ3) is 5.01. The number of aliphatic hydroxyl groups is 1. The number of carbonyl (C=O) groups excluding carboxylic acids is 1. The fourth-order valence-corrected chi connectivity index (χ4v) is 1.19. The highest BCUT2D eigenvalue weighted by Crippen LogP contribution is 2.08. The number of aliphatic hydroxyl groups excluding tert-OH is 1. The van der Waals surface area contributed by atoms with E-state index in [9.17, 15) is 4.79 Å². The predicted molar refractivity (Wildman–Crippen MR) is 68.3 cm³/mol. The highest BCUT2D eigenvalue weighted by atomic mass is 16.5. The molecule has 0 aromatic heterocycles. The molecule has 0 radical (unpaired) electrons. The summed E-state index contributed by atoms with van der Waals surface area (Å²) in [7, 11) is 0. The summed E-state index contributed by atoms with van der Waals surface area (Å²) in [6.07, 6.45) is -0.286. The monoisotopic (exact) mass is 250 g/mol. The second-order valence-electron chi connectivity index (χ2n) is 3.85. The molecule has 1 unspecified atom stereocenters. The largest absolute Gasteiger partial charge is 0.493 e. The van der Waals surface area contributed by atoms with Crippen molar-refractivity contribution in [2.75, 3.05) is 13.2 Å². The number of hydrogen-bond donors (Lipinski definition) is 1. The van der Waals surface area contributed by atoms with E-state index >= 15 is 0 Å². The lowest BCUT2D eigenvalue weighted by Crippen LogP contribution is -2.17. The second kappa shape index (κ2) is 7.50. The third-order valence-corrected chi connectivity index (χ3v) is 2.30. The van der Waals surface area contributed by atoms with Crippen molar-refractivity contribution in [2.45, 2.75) is 19.4 Å². The van der Waals surface area contributed by atoms with E-state index < -0.39 is 12.1 Å². The molecular weight excluding hydrogens is 232 g/mol. The molecule has 98 valence electrons. The third-order valence-electron chi connectivity index (χ3n) is 2.30. The van der Waals surface area contributed by atoms with Gasteiger partial charge in [-0.05, 0) is 19.1 Å². The molecule has 4 nitrogen and oxygen atoms in total. The van der Waals surface area contributed by atoms with Crippen LogP contribution in [0, 0.1) is 0 Å². The molecule has 1 aromatic rings. The first-order valence-corrected chi connectivity index (χ1v) is 5.83. The van der Waals surface area contributed by atoms with Gasteiger partial charge >= 0.3 is 5.97 Å². The van der Waals surface area contributed by atoms with Gasteiger partial charge in [-0.2, -0.15) is 0 Å². The van der Waals surface area contributed by atoms with Crippen LogP contribution >= 0.6 is 0 Å². The van der Waals surface area contributed by atoms with Crippen LogP contribution in [0.3, 0.4) is 0 Å². The molecule has 1 rings (SSSR count). The average molecular weight is 250 g/mol. The van der Waals surface area contributed by atoms with E-state index in [4.69, 9.17) is 14.6 Å². The number of para-hydroxylation sites is 1. The van der Waals surface area contributed by atoms with Crippen molar-refractivity contribution in [3.63, 3.8) is 0 Å². The maximum Gasteiger partial charge on any atom is 0.336 e. The SMILES string of the molecule is C=C(C(=O)OCCCOc1ccccc1)C(C)O. The van der Waals surface area contributed by atoms with E-state index in [1.807, 2.05) is 30.3 Å². The van der Waals surface area contributed by atoms with Crippen LogP contribution in [0.15, 0.2) is 42.5 Å². The van der Waals surface area contributed by atoms with Gasteiger partial charge in [0.15, 0.2) is 0 Å². The van der Waals surface area contributed by atoms with E-state index in [1.54, 1.807) is 0 Å². The summed E-state index contributed by atoms with van der Waals surface area (Å²) in [6, 6.07) is 9.42. The lowest BCUT2D eigenvalue weighted by molar-refractivity contribution is -0.140. The van der Waals surface area contributed by atoms with Crippen LogP contribution in [-0.4, -0.2) is 30.4 Å². The van der Waals surface area contributed by atoms with E-state index in [0.29, 0.717) is 13.0 Å². The van der Waals surface area contributed by atoms with Gasteiger partial charge in [-0.3, -0.25) is 0 Å². The van der Waals surface area contributed by atoms with Crippen LogP contribution in [0.2, 0.25) is 0 Å². The lowest BCUT2D eigenvalue weighted by Gasteiger charge is -2.09. The Hall–Kier alpha value is -1.81. The number of esters is 1. The van der Waals surface area contributed by atoms with Crippen LogP contribution in [0.1, 0.15) is 13.3 Å². The lowest BCUT2D eigenvalue weighted by atomic mass is 10.2. The minimum absolute atomic E-state index is 0.0685. The first-order chi connectivity index (χ1) is 8.61. The fraction of sp³-hybridized carbons (Fsp3) is 0.357. The Kier molecular flexibility index (Phi) is 5.94. The summed E-state index contributed by atoms with van der Waals surface area (Å²) in [6.45, 7) is 5.64. The number of ether oxygens (including phenoxy) is 2. The van der Waals surface area contributed by atoms with Gasteiger partial charge in [-0.25, -0.2) is 4.79 Å². The molecule has 4 heteroatoms. The van der Waals surface area contributed by atoms with E-state index in [1.165, 1.54) is 6.92 Å². The molecule has 0 amide bonds. The van der Waals surface area contributed by atoms with Gasteiger partial charge in [0.05, 0.1) is 24.9 Å². The molecule has 18 heavy (non-hydrogen) atoms. The van der Waals surface area contributed by atoms with Crippen LogP contribution in [0.4, 0.5) is 0 Å². The van der Waals surface area contributed by atoms with Crippen molar-refractivity contribution in [3.8, 4) is 5.75 Å². The summed E-state index contributed by atoms with van der Waals surface area (Å²) < 4.78 is 10.4. The zero-order chi connectivity index (χ0) is 13.4. The molecule has 0 bridgehead atoms. The van der Waals surface area contributed by atoms with Crippen molar-refractivity contribution in [1.29, 1.82) is 0 Å². The van der Waals surface area contributed by atoms with E-state index in [-0.39, 0.29) is 12.2 Å². The molecule has 0 saturated carbocycles. The molecule has 0 heterocycles. The Morgan fingerprint density at radius 3 is 2.61 bits per heavy atom. The fourth-order valence-electron chi connectivity index (χ4n) is 1.19. The number of carbonyl (C=O) groups is 1. The Balaban J connectivity index is 2.12. The van der Waals surface area contributed by atoms with Gasteiger partial charge in [-0.1, -0.05) is 24.8 Å². The Labute approximate surface area is 107 Å².